The Morgan fingerprint density at radius 2 is 2.00 bits per heavy atom. The van der Waals surface area contributed by atoms with Crippen molar-refractivity contribution in [2.24, 2.45) is 0 Å². The zero-order valence-electron chi connectivity index (χ0n) is 9.49. The number of aliphatic hydroxyl groups excluding tert-OH is 1. The summed E-state index contributed by atoms with van der Waals surface area (Å²) in [5, 5.41) is 21.6. The monoisotopic (exact) mass is 234 g/mol. The maximum absolute atomic E-state index is 13.0. The van der Waals surface area contributed by atoms with E-state index in [1.807, 2.05) is 6.07 Å². The molecule has 1 saturated carbocycles. The lowest BCUT2D eigenvalue weighted by atomic mass is 9.93. The van der Waals surface area contributed by atoms with E-state index in [0.717, 1.165) is 25.7 Å². The van der Waals surface area contributed by atoms with E-state index in [1.54, 1.807) is 6.07 Å². The third-order valence-corrected chi connectivity index (χ3v) is 3.16. The Balaban J connectivity index is 2.06. The number of nitrogens with zero attached hydrogens (tertiary/aromatic N) is 1. The molecule has 2 rings (SSSR count). The van der Waals surface area contributed by atoms with Crippen LogP contribution in [0.5, 0.6) is 0 Å². The van der Waals surface area contributed by atoms with Crippen LogP contribution in [0.4, 0.5) is 10.1 Å². The van der Waals surface area contributed by atoms with Gasteiger partial charge in [0, 0.05) is 6.04 Å². The molecule has 0 aliphatic heterocycles. The quantitative estimate of drug-likeness (QED) is 0.826. The highest BCUT2D eigenvalue weighted by atomic mass is 19.1. The second kappa shape index (κ2) is 5.15. The lowest BCUT2D eigenvalue weighted by Gasteiger charge is -2.27. The Morgan fingerprint density at radius 3 is 2.65 bits per heavy atom. The molecule has 1 aromatic rings. The predicted molar refractivity (Wildman–Crippen MR) is 63.0 cm³/mol. The highest BCUT2D eigenvalue weighted by molar-refractivity contribution is 5.57. The molecule has 1 fully saturated rings. The zero-order chi connectivity index (χ0) is 12.3. The van der Waals surface area contributed by atoms with Crippen molar-refractivity contribution in [2.75, 3.05) is 5.32 Å². The van der Waals surface area contributed by atoms with Crippen molar-refractivity contribution in [1.29, 1.82) is 5.26 Å². The van der Waals surface area contributed by atoms with Crippen LogP contribution in [0.25, 0.3) is 0 Å². The molecule has 0 aromatic heterocycles. The molecule has 3 nitrogen and oxygen atoms in total. The van der Waals surface area contributed by atoms with E-state index >= 15 is 0 Å². The average molecular weight is 234 g/mol. The van der Waals surface area contributed by atoms with Crippen molar-refractivity contribution >= 4 is 5.69 Å². The molecule has 17 heavy (non-hydrogen) atoms. The predicted octanol–water partition coefficient (Wildman–Crippen LogP) is 2.41. The molecule has 0 saturated heterocycles. The second-order valence-electron chi connectivity index (χ2n) is 4.45. The summed E-state index contributed by atoms with van der Waals surface area (Å²) in [6, 6.07) is 6.42. The van der Waals surface area contributed by atoms with Gasteiger partial charge in [-0.2, -0.15) is 5.26 Å². The Labute approximate surface area is 99.9 Å². The van der Waals surface area contributed by atoms with Crippen molar-refractivity contribution in [1.82, 2.24) is 0 Å². The molecule has 2 N–H and O–H groups in total. The maximum atomic E-state index is 13.0. The first-order valence-corrected chi connectivity index (χ1v) is 5.83. The standard InChI is InChI=1S/C13H15FN2O/c14-10-1-6-13(9(7-10)8-15)16-11-2-4-12(17)5-3-11/h1,6-7,11-12,16-17H,2-5H2. The molecule has 1 aromatic carbocycles. The van der Waals surface area contributed by atoms with Crippen molar-refractivity contribution in [3.05, 3.63) is 29.6 Å². The first-order valence-electron chi connectivity index (χ1n) is 5.83. The van der Waals surface area contributed by atoms with Gasteiger partial charge >= 0.3 is 0 Å². The van der Waals surface area contributed by atoms with Crippen LogP contribution in [0.15, 0.2) is 18.2 Å². The minimum atomic E-state index is -0.397. The molecule has 90 valence electrons. The smallest absolute Gasteiger partial charge is 0.124 e. The summed E-state index contributed by atoms with van der Waals surface area (Å²) in [4.78, 5) is 0. The topological polar surface area (TPSA) is 56.0 Å². The highest BCUT2D eigenvalue weighted by Gasteiger charge is 2.19. The molecule has 0 heterocycles. The fraction of sp³-hybridized carbons (Fsp3) is 0.462. The van der Waals surface area contributed by atoms with Crippen LogP contribution in [-0.4, -0.2) is 17.3 Å². The number of halogens is 1. The molecule has 0 atom stereocenters. The van der Waals surface area contributed by atoms with Gasteiger partial charge in [-0.3, -0.25) is 0 Å². The Bertz CT molecular complexity index is 434. The number of benzene rings is 1. The molecule has 0 spiro atoms. The minimum Gasteiger partial charge on any atom is -0.393 e. The van der Waals surface area contributed by atoms with Crippen molar-refractivity contribution in [3.8, 4) is 6.07 Å². The van der Waals surface area contributed by atoms with E-state index in [-0.39, 0.29) is 12.1 Å². The SMILES string of the molecule is N#Cc1cc(F)ccc1NC1CCC(O)CC1. The highest BCUT2D eigenvalue weighted by Crippen LogP contribution is 2.24. The summed E-state index contributed by atoms with van der Waals surface area (Å²) < 4.78 is 13.0. The number of anilines is 1. The van der Waals surface area contributed by atoms with E-state index in [1.165, 1.54) is 12.1 Å². The van der Waals surface area contributed by atoms with Gasteiger partial charge in [-0.05, 0) is 43.9 Å². The number of hydrogen-bond acceptors (Lipinski definition) is 3. The first kappa shape index (κ1) is 11.9. The first-order chi connectivity index (χ1) is 8.19. The zero-order valence-corrected chi connectivity index (χ0v) is 9.49. The maximum Gasteiger partial charge on any atom is 0.124 e. The van der Waals surface area contributed by atoms with Crippen LogP contribution in [0.3, 0.4) is 0 Å². The van der Waals surface area contributed by atoms with Gasteiger partial charge in [0.05, 0.1) is 17.4 Å². The fourth-order valence-electron chi connectivity index (χ4n) is 2.17. The van der Waals surface area contributed by atoms with Crippen LogP contribution >= 0.6 is 0 Å². The van der Waals surface area contributed by atoms with E-state index < -0.39 is 5.82 Å². The van der Waals surface area contributed by atoms with E-state index in [4.69, 9.17) is 5.26 Å². The van der Waals surface area contributed by atoms with Crippen LogP contribution < -0.4 is 5.32 Å². The summed E-state index contributed by atoms with van der Waals surface area (Å²) in [6.07, 6.45) is 3.12. The largest absolute Gasteiger partial charge is 0.393 e. The van der Waals surface area contributed by atoms with E-state index in [0.29, 0.717) is 11.3 Å². The van der Waals surface area contributed by atoms with Gasteiger partial charge in [0.15, 0.2) is 0 Å². The number of aliphatic hydroxyl groups is 1. The molecule has 0 radical (unpaired) electrons. The van der Waals surface area contributed by atoms with Crippen molar-refractivity contribution < 1.29 is 9.50 Å². The molecule has 0 unspecified atom stereocenters. The van der Waals surface area contributed by atoms with Crippen LogP contribution in [-0.2, 0) is 0 Å². The molecule has 1 aliphatic carbocycles. The third-order valence-electron chi connectivity index (χ3n) is 3.16. The number of rotatable bonds is 2. The molecular formula is C13H15FN2O. The van der Waals surface area contributed by atoms with E-state index in [2.05, 4.69) is 5.32 Å². The number of nitrogens with one attached hydrogen (secondary N) is 1. The van der Waals surface area contributed by atoms with Gasteiger partial charge in [-0.15, -0.1) is 0 Å². The average Bonchev–Trinajstić information content (AvgIpc) is 2.34. The minimum absolute atomic E-state index is 0.197. The lowest BCUT2D eigenvalue weighted by Crippen LogP contribution is -2.28. The van der Waals surface area contributed by atoms with Crippen molar-refractivity contribution in [3.63, 3.8) is 0 Å². The Kier molecular flexibility index (Phi) is 3.60. The second-order valence-corrected chi connectivity index (χ2v) is 4.45. The van der Waals surface area contributed by atoms with Gasteiger partial charge in [0.25, 0.3) is 0 Å². The number of nitriles is 1. The van der Waals surface area contributed by atoms with Crippen LogP contribution in [0, 0.1) is 17.1 Å². The van der Waals surface area contributed by atoms with Gasteiger partial charge in [-0.25, -0.2) is 4.39 Å². The van der Waals surface area contributed by atoms with E-state index in [9.17, 15) is 9.50 Å². The lowest BCUT2D eigenvalue weighted by molar-refractivity contribution is 0.126. The normalized spacial score (nSPS) is 24.1. The van der Waals surface area contributed by atoms with Crippen LogP contribution in [0.1, 0.15) is 31.2 Å². The molecule has 1 aliphatic rings. The summed E-state index contributed by atoms with van der Waals surface area (Å²) in [6.45, 7) is 0. The fourth-order valence-corrected chi connectivity index (χ4v) is 2.17. The summed E-state index contributed by atoms with van der Waals surface area (Å²) >= 11 is 0. The summed E-state index contributed by atoms with van der Waals surface area (Å²) in [5.74, 6) is -0.397. The number of hydrogen-bond donors (Lipinski definition) is 2. The molecule has 0 amide bonds. The van der Waals surface area contributed by atoms with Gasteiger partial charge in [0.2, 0.25) is 0 Å². The molecular weight excluding hydrogens is 219 g/mol. The Morgan fingerprint density at radius 1 is 1.29 bits per heavy atom. The van der Waals surface area contributed by atoms with Gasteiger partial charge in [-0.1, -0.05) is 0 Å². The van der Waals surface area contributed by atoms with Gasteiger partial charge < -0.3 is 10.4 Å². The Hall–Kier alpha value is -1.60. The molecule has 0 bridgehead atoms. The van der Waals surface area contributed by atoms with Crippen LogP contribution in [0.2, 0.25) is 0 Å². The summed E-state index contributed by atoms with van der Waals surface area (Å²) in [7, 11) is 0. The van der Waals surface area contributed by atoms with Gasteiger partial charge in [0.1, 0.15) is 11.9 Å². The third kappa shape index (κ3) is 2.95. The molecule has 4 heteroatoms. The summed E-state index contributed by atoms with van der Waals surface area (Å²) in [5.41, 5.74) is 1.01. The van der Waals surface area contributed by atoms with Crippen molar-refractivity contribution in [2.45, 2.75) is 37.8 Å².